The maximum absolute atomic E-state index is 13.0. The van der Waals surface area contributed by atoms with Crippen LogP contribution in [0.4, 0.5) is 0 Å². The number of sulfonamides is 1. The van der Waals surface area contributed by atoms with Crippen molar-refractivity contribution in [3.63, 3.8) is 0 Å². The molecule has 1 aliphatic heterocycles. The average Bonchev–Trinajstić information content (AvgIpc) is 2.59. The van der Waals surface area contributed by atoms with Crippen LogP contribution in [0.2, 0.25) is 0 Å². The van der Waals surface area contributed by atoms with Crippen LogP contribution in [-0.4, -0.2) is 56.0 Å². The third-order valence-electron chi connectivity index (χ3n) is 4.66. The molecule has 1 amide bonds. The number of methoxy groups -OCH3 is 1. The van der Waals surface area contributed by atoms with Crippen molar-refractivity contribution >= 4 is 21.9 Å². The summed E-state index contributed by atoms with van der Waals surface area (Å²) >= 11 is 0. The van der Waals surface area contributed by atoms with E-state index in [0.29, 0.717) is 19.4 Å². The van der Waals surface area contributed by atoms with Crippen LogP contribution in [0.5, 0.6) is 5.75 Å². The predicted molar refractivity (Wildman–Crippen MR) is 99.3 cm³/mol. The van der Waals surface area contributed by atoms with E-state index in [1.807, 2.05) is 0 Å². The molecule has 1 aliphatic rings. The van der Waals surface area contributed by atoms with Gasteiger partial charge in [-0.2, -0.15) is 0 Å². The zero-order chi connectivity index (χ0) is 20.4. The maximum atomic E-state index is 13.0. The molecule has 2 N–H and O–H groups in total. The molecule has 2 atom stereocenters. The molecule has 1 heterocycles. The van der Waals surface area contributed by atoms with Gasteiger partial charge >= 0.3 is 5.97 Å². The monoisotopic (exact) mass is 398 g/mol. The molecule has 2 rings (SSSR count). The lowest BCUT2D eigenvalue weighted by Gasteiger charge is -2.37. The zero-order valence-corrected chi connectivity index (χ0v) is 16.7. The van der Waals surface area contributed by atoms with Crippen molar-refractivity contribution in [3.05, 3.63) is 23.8 Å². The van der Waals surface area contributed by atoms with Gasteiger partial charge in [0.05, 0.1) is 13.0 Å². The Hall–Kier alpha value is -2.13. The molecule has 27 heavy (non-hydrogen) atoms. The van der Waals surface area contributed by atoms with Crippen LogP contribution in [0, 0.1) is 5.92 Å². The molecule has 150 valence electrons. The van der Waals surface area contributed by atoms with Crippen molar-refractivity contribution in [2.24, 2.45) is 5.92 Å². The molecule has 0 radical (unpaired) electrons. The Morgan fingerprint density at radius 1 is 1.33 bits per heavy atom. The largest absolute Gasteiger partial charge is 0.495 e. The van der Waals surface area contributed by atoms with Gasteiger partial charge in [-0.05, 0) is 51.8 Å². The topological polar surface area (TPSA) is 113 Å². The van der Waals surface area contributed by atoms with E-state index >= 15 is 0 Å². The summed E-state index contributed by atoms with van der Waals surface area (Å²) in [5.74, 6) is -1.82. The van der Waals surface area contributed by atoms with E-state index in [2.05, 4.69) is 4.72 Å². The molecule has 1 saturated heterocycles. The van der Waals surface area contributed by atoms with Crippen molar-refractivity contribution in [2.45, 2.75) is 50.6 Å². The fraction of sp³-hybridized carbons (Fsp3) is 0.556. The molecule has 0 bridgehead atoms. The molecule has 9 heteroatoms. The zero-order valence-electron chi connectivity index (χ0n) is 15.9. The van der Waals surface area contributed by atoms with Gasteiger partial charge in [0.1, 0.15) is 10.6 Å². The number of nitrogens with one attached hydrogen (secondary N) is 1. The molecule has 1 aromatic rings. The molecule has 0 aliphatic carbocycles. The Morgan fingerprint density at radius 2 is 2.00 bits per heavy atom. The standard InChI is InChI=1S/C18H26N2O6S/c1-11(2)19-27(24,25)16-10-13(7-8-15(16)26-4)17(21)20-9-5-6-14(12(20)3)18(22)23/h7-8,10-12,14,19H,5-6,9H2,1-4H3,(H,22,23)/t12-,14-/m0/s1. The van der Waals surface area contributed by atoms with Crippen LogP contribution in [0.15, 0.2) is 23.1 Å². The first-order chi connectivity index (χ1) is 12.6. The highest BCUT2D eigenvalue weighted by Crippen LogP contribution is 2.29. The third-order valence-corrected chi connectivity index (χ3v) is 6.34. The lowest BCUT2D eigenvalue weighted by atomic mass is 9.90. The van der Waals surface area contributed by atoms with Gasteiger partial charge in [-0.3, -0.25) is 9.59 Å². The summed E-state index contributed by atoms with van der Waals surface area (Å²) in [4.78, 5) is 25.7. The fourth-order valence-corrected chi connectivity index (χ4v) is 4.77. The number of rotatable bonds is 6. The Balaban J connectivity index is 2.40. The first kappa shape index (κ1) is 21.2. The van der Waals surface area contributed by atoms with Gasteiger partial charge in [-0.15, -0.1) is 0 Å². The first-order valence-electron chi connectivity index (χ1n) is 8.82. The molecule has 1 aromatic carbocycles. The molecule has 0 spiro atoms. The highest BCUT2D eigenvalue weighted by atomic mass is 32.2. The number of carboxylic acids is 1. The van der Waals surface area contributed by atoms with Gasteiger partial charge < -0.3 is 14.7 Å². The molecule has 8 nitrogen and oxygen atoms in total. The molecule has 0 unspecified atom stereocenters. The van der Waals surface area contributed by atoms with Gasteiger partial charge in [0.15, 0.2) is 0 Å². The van der Waals surface area contributed by atoms with Crippen LogP contribution in [0.25, 0.3) is 0 Å². The second kappa shape index (κ2) is 8.26. The number of hydrogen-bond acceptors (Lipinski definition) is 5. The Bertz CT molecular complexity index is 821. The summed E-state index contributed by atoms with van der Waals surface area (Å²) in [7, 11) is -2.51. The van der Waals surface area contributed by atoms with Crippen molar-refractivity contribution in [3.8, 4) is 5.75 Å². The van der Waals surface area contributed by atoms with E-state index < -0.39 is 33.9 Å². The summed E-state index contributed by atoms with van der Waals surface area (Å²) in [6, 6.07) is 3.42. The minimum atomic E-state index is -3.87. The van der Waals surface area contributed by atoms with Gasteiger partial charge in [0.25, 0.3) is 5.91 Å². The van der Waals surface area contributed by atoms with Crippen LogP contribution in [0.3, 0.4) is 0 Å². The van der Waals surface area contributed by atoms with Crippen LogP contribution in [0.1, 0.15) is 44.0 Å². The van der Waals surface area contributed by atoms with E-state index in [9.17, 15) is 23.1 Å². The van der Waals surface area contributed by atoms with Crippen molar-refractivity contribution < 1.29 is 27.9 Å². The number of hydrogen-bond donors (Lipinski definition) is 2. The van der Waals surface area contributed by atoms with Crippen molar-refractivity contribution in [1.29, 1.82) is 0 Å². The van der Waals surface area contributed by atoms with E-state index in [0.717, 1.165) is 0 Å². The number of carbonyl (C=O) groups excluding carboxylic acids is 1. The Kier molecular flexibility index (Phi) is 6.48. The summed E-state index contributed by atoms with van der Waals surface area (Å²) < 4.78 is 32.8. The van der Waals surface area contributed by atoms with Crippen molar-refractivity contribution in [2.75, 3.05) is 13.7 Å². The van der Waals surface area contributed by atoms with Crippen LogP contribution >= 0.6 is 0 Å². The summed E-state index contributed by atoms with van der Waals surface area (Å²) in [5.41, 5.74) is 0.179. The van der Waals surface area contributed by atoms with Crippen molar-refractivity contribution in [1.82, 2.24) is 9.62 Å². The number of likely N-dealkylation sites (tertiary alicyclic amines) is 1. The predicted octanol–water partition coefficient (Wildman–Crippen LogP) is 1.71. The number of aliphatic carboxylic acids is 1. The summed E-state index contributed by atoms with van der Waals surface area (Å²) in [5, 5.41) is 9.34. The van der Waals surface area contributed by atoms with Crippen LogP contribution in [-0.2, 0) is 14.8 Å². The number of piperidine rings is 1. The number of carbonyl (C=O) groups is 2. The highest BCUT2D eigenvalue weighted by molar-refractivity contribution is 7.89. The molecular formula is C18H26N2O6S. The van der Waals surface area contributed by atoms with E-state index in [-0.39, 0.29) is 22.3 Å². The van der Waals surface area contributed by atoms with Gasteiger partial charge in [0, 0.05) is 24.2 Å². The van der Waals surface area contributed by atoms with Gasteiger partial charge in [0.2, 0.25) is 10.0 Å². The van der Waals surface area contributed by atoms with Gasteiger partial charge in [-0.1, -0.05) is 0 Å². The lowest BCUT2D eigenvalue weighted by molar-refractivity contribution is -0.144. The number of nitrogens with zero attached hydrogens (tertiary/aromatic N) is 1. The van der Waals surface area contributed by atoms with E-state index in [4.69, 9.17) is 4.74 Å². The highest BCUT2D eigenvalue weighted by Gasteiger charge is 2.36. The Labute approximate surface area is 159 Å². The number of ether oxygens (including phenoxy) is 1. The smallest absolute Gasteiger partial charge is 0.308 e. The number of amides is 1. The second-order valence-electron chi connectivity index (χ2n) is 6.97. The normalized spacial score (nSPS) is 20.6. The SMILES string of the molecule is COc1ccc(C(=O)N2CCC[C@H](C(=O)O)[C@@H]2C)cc1S(=O)(=O)NC(C)C. The first-order valence-corrected chi connectivity index (χ1v) is 10.3. The molecule has 1 fully saturated rings. The molecule has 0 aromatic heterocycles. The summed E-state index contributed by atoms with van der Waals surface area (Å²) in [6.07, 6.45) is 1.10. The van der Waals surface area contributed by atoms with Crippen LogP contribution < -0.4 is 9.46 Å². The third kappa shape index (κ3) is 4.59. The number of carboxylic acid groups (broad SMARTS) is 1. The minimum absolute atomic E-state index is 0.121. The van der Waals surface area contributed by atoms with E-state index in [1.54, 1.807) is 20.8 Å². The average molecular weight is 398 g/mol. The molecule has 0 saturated carbocycles. The summed E-state index contributed by atoms with van der Waals surface area (Å²) in [6.45, 7) is 5.53. The maximum Gasteiger partial charge on any atom is 0.308 e. The fourth-order valence-electron chi connectivity index (χ4n) is 3.32. The number of benzene rings is 1. The van der Waals surface area contributed by atoms with Gasteiger partial charge in [-0.25, -0.2) is 13.1 Å². The lowest BCUT2D eigenvalue weighted by Crippen LogP contribution is -2.49. The van der Waals surface area contributed by atoms with E-state index in [1.165, 1.54) is 30.2 Å². The minimum Gasteiger partial charge on any atom is -0.495 e. The second-order valence-corrected chi connectivity index (χ2v) is 8.65. The molecular weight excluding hydrogens is 372 g/mol. The Morgan fingerprint density at radius 3 is 2.56 bits per heavy atom. The quantitative estimate of drug-likeness (QED) is 0.754.